The number of ether oxygens (including phenoxy) is 1. The first kappa shape index (κ1) is 25.5. The van der Waals surface area contributed by atoms with Gasteiger partial charge in [0.15, 0.2) is 5.75 Å². The van der Waals surface area contributed by atoms with Crippen LogP contribution in [0.5, 0.6) is 5.75 Å². The topological polar surface area (TPSA) is 114 Å². The molecule has 11 heteroatoms. The van der Waals surface area contributed by atoms with Crippen molar-refractivity contribution in [2.75, 3.05) is 26.2 Å². The normalized spacial score (nSPS) is 21.6. The van der Waals surface area contributed by atoms with Gasteiger partial charge in [0.25, 0.3) is 0 Å². The summed E-state index contributed by atoms with van der Waals surface area (Å²) in [5, 5.41) is 6.45. The van der Waals surface area contributed by atoms with Gasteiger partial charge in [-0.1, -0.05) is 37.0 Å². The molecule has 0 radical (unpaired) electrons. The molecule has 32 heavy (non-hydrogen) atoms. The van der Waals surface area contributed by atoms with Crippen LogP contribution in [0.4, 0.5) is 0 Å². The number of nitrogens with zero attached hydrogens (tertiary/aromatic N) is 1. The molecule has 1 aromatic rings. The van der Waals surface area contributed by atoms with Crippen LogP contribution in [0.2, 0.25) is 10.0 Å². The molecule has 0 aromatic heterocycles. The number of rotatable bonds is 8. The first-order chi connectivity index (χ1) is 15.1. The molecule has 1 amide bonds. The predicted molar refractivity (Wildman–Crippen MR) is 126 cm³/mol. The van der Waals surface area contributed by atoms with Gasteiger partial charge >= 0.3 is 0 Å². The third-order valence-corrected chi connectivity index (χ3v) is 8.14. The molecule has 0 bridgehead atoms. The van der Waals surface area contributed by atoms with Crippen LogP contribution < -0.4 is 21.1 Å². The third-order valence-electron chi connectivity index (χ3n) is 5.74. The van der Waals surface area contributed by atoms with Crippen LogP contribution in [0, 0.1) is 5.92 Å². The number of benzene rings is 1. The SMILES string of the molecule is CC(C)C[C@H](N)C(=O)N[C@H]1CCN(S(=O)(=O)c2cc(Cl)c(OC3CCNCC3)c(Cl)c2)C1. The number of nitrogens with two attached hydrogens (primary N) is 1. The van der Waals surface area contributed by atoms with Gasteiger partial charge in [-0.15, -0.1) is 0 Å². The fourth-order valence-corrected chi connectivity index (χ4v) is 6.27. The Bertz CT molecular complexity index is 899. The summed E-state index contributed by atoms with van der Waals surface area (Å²) >= 11 is 12.7. The zero-order valence-electron chi connectivity index (χ0n) is 18.4. The Morgan fingerprint density at radius 1 is 1.25 bits per heavy atom. The lowest BCUT2D eigenvalue weighted by Gasteiger charge is -2.25. The molecule has 2 saturated heterocycles. The van der Waals surface area contributed by atoms with Crippen molar-refractivity contribution in [3.05, 3.63) is 22.2 Å². The van der Waals surface area contributed by atoms with Gasteiger partial charge in [-0.3, -0.25) is 4.79 Å². The zero-order valence-corrected chi connectivity index (χ0v) is 20.8. The van der Waals surface area contributed by atoms with Crippen molar-refractivity contribution in [2.45, 2.75) is 62.6 Å². The van der Waals surface area contributed by atoms with Gasteiger partial charge in [0.05, 0.1) is 21.0 Å². The van der Waals surface area contributed by atoms with Crippen LogP contribution >= 0.6 is 23.2 Å². The number of nitrogens with one attached hydrogen (secondary N) is 2. The van der Waals surface area contributed by atoms with Crippen molar-refractivity contribution >= 4 is 39.1 Å². The van der Waals surface area contributed by atoms with E-state index in [1.165, 1.54) is 16.4 Å². The molecule has 0 spiro atoms. The van der Waals surface area contributed by atoms with Crippen molar-refractivity contribution in [3.8, 4) is 5.75 Å². The maximum Gasteiger partial charge on any atom is 0.243 e. The summed E-state index contributed by atoms with van der Waals surface area (Å²) in [4.78, 5) is 12.3. The van der Waals surface area contributed by atoms with Crippen LogP contribution in [0.15, 0.2) is 17.0 Å². The number of hydrogen-bond acceptors (Lipinski definition) is 6. The van der Waals surface area contributed by atoms with Crippen molar-refractivity contribution < 1.29 is 17.9 Å². The quantitative estimate of drug-likeness (QED) is 0.498. The number of hydrogen-bond donors (Lipinski definition) is 3. The monoisotopic (exact) mass is 506 g/mol. The molecule has 180 valence electrons. The molecule has 4 N–H and O–H groups in total. The molecule has 0 aliphatic carbocycles. The number of carbonyl (C=O) groups is 1. The average Bonchev–Trinajstić information content (AvgIpc) is 3.20. The van der Waals surface area contributed by atoms with Crippen molar-refractivity contribution in [3.63, 3.8) is 0 Å². The van der Waals surface area contributed by atoms with Gasteiger partial charge in [0.2, 0.25) is 15.9 Å². The minimum atomic E-state index is -3.83. The highest BCUT2D eigenvalue weighted by Gasteiger charge is 2.35. The second-order valence-electron chi connectivity index (χ2n) is 8.88. The number of sulfonamides is 1. The molecule has 8 nitrogen and oxygen atoms in total. The Morgan fingerprint density at radius 2 is 1.88 bits per heavy atom. The predicted octanol–water partition coefficient (Wildman–Crippen LogP) is 2.38. The molecule has 0 saturated carbocycles. The molecule has 2 fully saturated rings. The van der Waals surface area contributed by atoms with Crippen LogP contribution in [0.25, 0.3) is 0 Å². The molecule has 1 aromatic carbocycles. The van der Waals surface area contributed by atoms with E-state index in [1.54, 1.807) is 0 Å². The highest BCUT2D eigenvalue weighted by Crippen LogP contribution is 2.38. The van der Waals surface area contributed by atoms with Gasteiger partial charge < -0.3 is 21.1 Å². The molecule has 0 unspecified atom stereocenters. The van der Waals surface area contributed by atoms with Crippen molar-refractivity contribution in [1.29, 1.82) is 0 Å². The van der Waals surface area contributed by atoms with Crippen molar-refractivity contribution in [2.24, 2.45) is 11.7 Å². The van der Waals surface area contributed by atoms with Gasteiger partial charge in [0.1, 0.15) is 6.10 Å². The zero-order chi connectivity index (χ0) is 23.5. The Labute approximate surface area is 200 Å². The molecule has 3 rings (SSSR count). The summed E-state index contributed by atoms with van der Waals surface area (Å²) in [5.41, 5.74) is 5.93. The lowest BCUT2D eigenvalue weighted by Crippen LogP contribution is -2.47. The highest BCUT2D eigenvalue weighted by atomic mass is 35.5. The number of piperidine rings is 1. The Morgan fingerprint density at radius 3 is 2.47 bits per heavy atom. The van der Waals surface area contributed by atoms with E-state index in [2.05, 4.69) is 10.6 Å². The molecular formula is C21H32Cl2N4O4S. The fraction of sp³-hybridized carbons (Fsp3) is 0.667. The Balaban J connectivity index is 1.66. The fourth-order valence-electron chi connectivity index (χ4n) is 4.01. The largest absolute Gasteiger partial charge is 0.487 e. The summed E-state index contributed by atoms with van der Waals surface area (Å²) in [5.74, 6) is 0.353. The molecule has 2 atom stereocenters. The minimum Gasteiger partial charge on any atom is -0.487 e. The van der Waals surface area contributed by atoms with E-state index in [0.29, 0.717) is 24.5 Å². The van der Waals surface area contributed by atoms with E-state index < -0.39 is 16.1 Å². The van der Waals surface area contributed by atoms with E-state index in [-0.39, 0.29) is 46.1 Å². The highest BCUT2D eigenvalue weighted by molar-refractivity contribution is 7.89. The maximum absolute atomic E-state index is 13.2. The lowest BCUT2D eigenvalue weighted by atomic mass is 10.0. The maximum atomic E-state index is 13.2. The second-order valence-corrected chi connectivity index (χ2v) is 11.6. The average molecular weight is 507 g/mol. The smallest absolute Gasteiger partial charge is 0.243 e. The van der Waals surface area contributed by atoms with Crippen molar-refractivity contribution in [1.82, 2.24) is 14.9 Å². The Kier molecular flexibility index (Phi) is 8.68. The lowest BCUT2D eigenvalue weighted by molar-refractivity contribution is -0.123. The van der Waals surface area contributed by atoms with Crippen LogP contribution in [-0.2, 0) is 14.8 Å². The van der Waals surface area contributed by atoms with Gasteiger partial charge in [-0.25, -0.2) is 8.42 Å². The van der Waals surface area contributed by atoms with Gasteiger partial charge in [0, 0.05) is 19.1 Å². The van der Waals surface area contributed by atoms with E-state index in [9.17, 15) is 13.2 Å². The summed E-state index contributed by atoms with van der Waals surface area (Å²) in [6, 6.07) is 1.86. The van der Waals surface area contributed by atoms with Crippen LogP contribution in [0.3, 0.4) is 0 Å². The summed E-state index contributed by atoms with van der Waals surface area (Å²) in [7, 11) is -3.83. The third kappa shape index (κ3) is 6.27. The van der Waals surface area contributed by atoms with Gasteiger partial charge in [-0.05, 0) is 56.8 Å². The second kappa shape index (κ2) is 10.9. The molecule has 2 heterocycles. The van der Waals surface area contributed by atoms with Crippen LogP contribution in [0.1, 0.15) is 39.5 Å². The molecule has 2 aliphatic rings. The summed E-state index contributed by atoms with van der Waals surface area (Å²) < 4.78 is 33.6. The van der Waals surface area contributed by atoms with Crippen LogP contribution in [-0.4, -0.2) is 63.0 Å². The summed E-state index contributed by atoms with van der Waals surface area (Å²) in [6.07, 6.45) is 2.72. The first-order valence-corrected chi connectivity index (χ1v) is 13.2. The Hall–Kier alpha value is -1.10. The van der Waals surface area contributed by atoms with E-state index >= 15 is 0 Å². The first-order valence-electron chi connectivity index (χ1n) is 11.0. The van der Waals surface area contributed by atoms with Gasteiger partial charge in [-0.2, -0.15) is 4.31 Å². The molecule has 2 aliphatic heterocycles. The number of amides is 1. The van der Waals surface area contributed by atoms with E-state index in [0.717, 1.165) is 25.9 Å². The number of halogens is 2. The summed E-state index contributed by atoms with van der Waals surface area (Å²) in [6.45, 7) is 6.15. The van der Waals surface area contributed by atoms with E-state index in [4.69, 9.17) is 33.7 Å². The van der Waals surface area contributed by atoms with E-state index in [1.807, 2.05) is 13.8 Å². The number of carbonyl (C=O) groups excluding carboxylic acids is 1. The standard InChI is InChI=1S/C21H32Cl2N4O4S/c1-13(2)9-19(24)21(28)26-14-5-8-27(12-14)32(29,30)16-10-17(22)20(18(23)11-16)31-15-3-6-25-7-4-15/h10-11,13-15,19,25H,3-9,12,24H2,1-2H3,(H,26,28)/t14-,19-/m0/s1. The molecular weight excluding hydrogens is 475 g/mol. The minimum absolute atomic E-state index is 0.00801.